The number of Topliss-reactive ketones (excluding diaryl/α,β-unsaturated/α-hetero) is 2. The lowest BCUT2D eigenvalue weighted by molar-refractivity contribution is -0.121. The predicted octanol–water partition coefficient (Wildman–Crippen LogP) is 6.76. The molecule has 0 saturated carbocycles. The highest BCUT2D eigenvalue weighted by atomic mass is 79.9. The summed E-state index contributed by atoms with van der Waals surface area (Å²) in [5, 5.41) is 4.95. The van der Waals surface area contributed by atoms with Crippen LogP contribution < -0.4 is 10.2 Å². The molecule has 7 rings (SSSR count). The van der Waals surface area contributed by atoms with Crippen molar-refractivity contribution in [1.29, 1.82) is 0 Å². The van der Waals surface area contributed by atoms with Crippen LogP contribution in [0.1, 0.15) is 38.1 Å². The number of carbonyl (C=O) groups excluding carboxylic acids is 3. The summed E-state index contributed by atoms with van der Waals surface area (Å²) in [4.78, 5) is 46.1. The number of rotatable bonds is 4. The Balaban J connectivity index is 1.56. The van der Waals surface area contributed by atoms with E-state index in [1.807, 2.05) is 83.9 Å². The van der Waals surface area contributed by atoms with E-state index in [9.17, 15) is 14.4 Å². The smallest absolute Gasteiger partial charge is 0.238 e. The lowest BCUT2D eigenvalue weighted by Gasteiger charge is -2.39. The van der Waals surface area contributed by atoms with Crippen LogP contribution in [-0.2, 0) is 10.2 Å². The molecule has 39 heavy (non-hydrogen) atoms. The van der Waals surface area contributed by atoms with Gasteiger partial charge in [-0.1, -0.05) is 76.6 Å². The number of nitrogens with one attached hydrogen (secondary N) is 1. The number of anilines is 2. The Bertz CT molecular complexity index is 1690. The second-order valence-corrected chi connectivity index (χ2v) is 12.1. The zero-order valence-electron chi connectivity index (χ0n) is 20.9. The van der Waals surface area contributed by atoms with Gasteiger partial charge in [0.1, 0.15) is 11.5 Å². The molecule has 3 aromatic carbocycles. The molecule has 1 spiro atoms. The van der Waals surface area contributed by atoms with Crippen molar-refractivity contribution in [3.63, 3.8) is 0 Å². The van der Waals surface area contributed by atoms with Gasteiger partial charge in [-0.05, 0) is 53.8 Å². The Kier molecular flexibility index (Phi) is 5.51. The van der Waals surface area contributed by atoms with E-state index in [1.54, 1.807) is 18.2 Å². The Morgan fingerprint density at radius 3 is 2.44 bits per heavy atom. The van der Waals surface area contributed by atoms with Crippen molar-refractivity contribution in [2.75, 3.05) is 10.2 Å². The number of carbonyl (C=O) groups is 3. The molecule has 4 heterocycles. The molecule has 3 aliphatic heterocycles. The second-order valence-electron chi connectivity index (χ2n) is 10.2. The summed E-state index contributed by atoms with van der Waals surface area (Å²) in [6, 6.07) is 24.9. The molecule has 5 nitrogen and oxygen atoms in total. The van der Waals surface area contributed by atoms with E-state index >= 15 is 0 Å². The number of allylic oxidation sites excluding steroid dienone is 1. The van der Waals surface area contributed by atoms with Crippen LogP contribution >= 0.6 is 27.3 Å². The Hall–Kier alpha value is -3.81. The third kappa shape index (κ3) is 3.33. The molecule has 1 aromatic heterocycles. The first-order valence-electron chi connectivity index (χ1n) is 12.8. The Labute approximate surface area is 238 Å². The molecular weight excluding hydrogens is 572 g/mol. The normalized spacial score (nSPS) is 24.6. The van der Waals surface area contributed by atoms with E-state index in [-0.39, 0.29) is 17.5 Å². The third-order valence-corrected chi connectivity index (χ3v) is 9.74. The molecule has 0 bridgehead atoms. The minimum atomic E-state index is -1.30. The highest BCUT2D eigenvalue weighted by Gasteiger charge is 2.70. The maximum Gasteiger partial charge on any atom is 0.238 e. The Morgan fingerprint density at radius 1 is 0.923 bits per heavy atom. The van der Waals surface area contributed by atoms with Crippen LogP contribution in [0, 0.1) is 5.92 Å². The fourth-order valence-corrected chi connectivity index (χ4v) is 7.71. The quantitative estimate of drug-likeness (QED) is 0.265. The Morgan fingerprint density at radius 2 is 1.67 bits per heavy atom. The molecule has 7 heteroatoms. The van der Waals surface area contributed by atoms with Gasteiger partial charge in [0.2, 0.25) is 5.91 Å². The van der Waals surface area contributed by atoms with E-state index in [0.29, 0.717) is 16.1 Å². The second kappa shape index (κ2) is 8.86. The molecule has 0 aliphatic carbocycles. The van der Waals surface area contributed by atoms with Crippen molar-refractivity contribution >= 4 is 61.7 Å². The summed E-state index contributed by atoms with van der Waals surface area (Å²) in [5.74, 6) is -1.58. The molecule has 1 fully saturated rings. The van der Waals surface area contributed by atoms with Crippen molar-refractivity contribution in [3.8, 4) is 0 Å². The average Bonchev–Trinajstić information content (AvgIpc) is 3.66. The van der Waals surface area contributed by atoms with Crippen LogP contribution in [0.5, 0.6) is 0 Å². The van der Waals surface area contributed by atoms with Gasteiger partial charge in [-0.15, -0.1) is 11.3 Å². The first kappa shape index (κ1) is 24.2. The van der Waals surface area contributed by atoms with Crippen LogP contribution in [0.15, 0.2) is 101 Å². The molecule has 192 valence electrons. The number of para-hydroxylation sites is 2. The van der Waals surface area contributed by atoms with Crippen LogP contribution in [0.4, 0.5) is 11.4 Å². The molecule has 4 atom stereocenters. The van der Waals surface area contributed by atoms with Crippen molar-refractivity contribution in [2.45, 2.75) is 24.4 Å². The predicted molar refractivity (Wildman–Crippen MR) is 158 cm³/mol. The number of fused-ring (bicyclic) bond motifs is 6. The molecule has 1 N–H and O–H groups in total. The third-order valence-electron chi connectivity index (χ3n) is 8.33. The van der Waals surface area contributed by atoms with E-state index in [0.717, 1.165) is 26.9 Å². The fourth-order valence-electron chi connectivity index (χ4n) is 6.75. The van der Waals surface area contributed by atoms with E-state index in [1.165, 1.54) is 11.3 Å². The van der Waals surface area contributed by atoms with Crippen molar-refractivity contribution < 1.29 is 14.4 Å². The van der Waals surface area contributed by atoms with Crippen LogP contribution in [-0.4, -0.2) is 29.6 Å². The first-order chi connectivity index (χ1) is 18.9. The number of hydrogen-bond acceptors (Lipinski definition) is 5. The van der Waals surface area contributed by atoms with E-state index in [2.05, 4.69) is 27.3 Å². The van der Waals surface area contributed by atoms with Gasteiger partial charge in [0.05, 0.1) is 16.8 Å². The highest BCUT2D eigenvalue weighted by molar-refractivity contribution is 9.10. The maximum absolute atomic E-state index is 14.7. The SMILES string of the molecule is CC1=C[C@@H]2N(c3ccccc31)[C@H](C(=O)c1cccs1)[C@@H](C(=O)c1ccc(Br)cc1)[C@@]21C(=O)Nc2ccccc21. The zero-order chi connectivity index (χ0) is 26.9. The molecular formula is C32H23BrN2O3S. The maximum atomic E-state index is 14.7. The number of amides is 1. The molecule has 0 unspecified atom stereocenters. The number of thiophene rings is 1. The molecule has 3 aliphatic rings. The first-order valence-corrected chi connectivity index (χ1v) is 14.4. The standard InChI is InChI=1S/C32H23BrN2O3S/c1-18-17-26-32(22-8-3-4-9-23(22)34-31(32)38)27(29(36)19-12-14-20(33)15-13-19)28(30(37)25-11-6-16-39-25)35(26)24-10-5-2-7-21(18)24/h2-17,26-28H,1H3,(H,34,38)/t26-,27-,28-,32-/m0/s1. The van der Waals surface area contributed by atoms with Crippen molar-refractivity contribution in [3.05, 3.63) is 122 Å². The van der Waals surface area contributed by atoms with Gasteiger partial charge in [0.15, 0.2) is 11.6 Å². The summed E-state index contributed by atoms with van der Waals surface area (Å²) in [5.41, 5.74) is 3.49. The van der Waals surface area contributed by atoms with E-state index in [4.69, 9.17) is 0 Å². The van der Waals surface area contributed by atoms with Crippen molar-refractivity contribution in [1.82, 2.24) is 0 Å². The minimum absolute atomic E-state index is 0.151. The summed E-state index contributed by atoms with van der Waals surface area (Å²) in [6.07, 6.45) is 2.08. The molecule has 1 amide bonds. The summed E-state index contributed by atoms with van der Waals surface area (Å²) in [6.45, 7) is 2.03. The summed E-state index contributed by atoms with van der Waals surface area (Å²) >= 11 is 4.82. The number of halogens is 1. The molecule has 1 saturated heterocycles. The van der Waals surface area contributed by atoms with Gasteiger partial charge in [0, 0.05) is 27.0 Å². The number of nitrogens with zero attached hydrogens (tertiary/aromatic N) is 1. The number of hydrogen-bond donors (Lipinski definition) is 1. The van der Waals surface area contributed by atoms with Crippen molar-refractivity contribution in [2.24, 2.45) is 5.92 Å². The zero-order valence-corrected chi connectivity index (χ0v) is 23.3. The van der Waals surface area contributed by atoms with Crippen LogP contribution in [0.2, 0.25) is 0 Å². The van der Waals surface area contributed by atoms with Gasteiger partial charge >= 0.3 is 0 Å². The number of ketones is 2. The highest BCUT2D eigenvalue weighted by Crippen LogP contribution is 2.58. The number of benzene rings is 3. The average molecular weight is 596 g/mol. The monoisotopic (exact) mass is 594 g/mol. The minimum Gasteiger partial charge on any atom is -0.352 e. The van der Waals surface area contributed by atoms with E-state index < -0.39 is 23.4 Å². The van der Waals surface area contributed by atoms with Crippen LogP contribution in [0.3, 0.4) is 0 Å². The largest absolute Gasteiger partial charge is 0.352 e. The van der Waals surface area contributed by atoms with Gasteiger partial charge < -0.3 is 10.2 Å². The topological polar surface area (TPSA) is 66.5 Å². The summed E-state index contributed by atoms with van der Waals surface area (Å²) < 4.78 is 0.847. The van der Waals surface area contributed by atoms with Crippen LogP contribution in [0.25, 0.3) is 5.57 Å². The van der Waals surface area contributed by atoms with Gasteiger partial charge in [0.25, 0.3) is 0 Å². The van der Waals surface area contributed by atoms with Gasteiger partial charge in [-0.2, -0.15) is 0 Å². The fraction of sp³-hybridized carbons (Fsp3) is 0.156. The lowest BCUT2D eigenvalue weighted by atomic mass is 9.64. The lowest BCUT2D eigenvalue weighted by Crippen LogP contribution is -2.51. The van der Waals surface area contributed by atoms with Gasteiger partial charge in [-0.3, -0.25) is 14.4 Å². The summed E-state index contributed by atoms with van der Waals surface area (Å²) in [7, 11) is 0. The van der Waals surface area contributed by atoms with Gasteiger partial charge in [-0.25, -0.2) is 0 Å². The molecule has 4 aromatic rings. The molecule has 0 radical (unpaired) electrons.